The van der Waals surface area contributed by atoms with Gasteiger partial charge in [0, 0.05) is 24.8 Å². The second-order valence-electron chi connectivity index (χ2n) is 5.34. The smallest absolute Gasteiger partial charge is 0.250 e. The first kappa shape index (κ1) is 13.3. The van der Waals surface area contributed by atoms with Crippen LogP contribution in [0.15, 0.2) is 12.1 Å². The fourth-order valence-corrected chi connectivity index (χ4v) is 2.98. The number of hydrogen-bond acceptors (Lipinski definition) is 2. The van der Waals surface area contributed by atoms with Crippen LogP contribution >= 0.6 is 0 Å². The monoisotopic (exact) mass is 255 g/mol. The zero-order valence-electron chi connectivity index (χ0n) is 11.0. The molecule has 18 heavy (non-hydrogen) atoms. The Labute approximate surface area is 106 Å². The van der Waals surface area contributed by atoms with Crippen LogP contribution in [-0.2, 0) is 5.41 Å². The molecule has 1 aliphatic carbocycles. The summed E-state index contributed by atoms with van der Waals surface area (Å²) in [4.78, 5) is 0. The Hall–Kier alpha value is -1.16. The third kappa shape index (κ3) is 1.99. The van der Waals surface area contributed by atoms with Crippen molar-refractivity contribution in [3.63, 3.8) is 0 Å². The van der Waals surface area contributed by atoms with E-state index < -0.39 is 11.3 Å². The number of nitrogens with two attached hydrogens (primary N) is 1. The molecule has 2 N–H and O–H groups in total. The molecule has 1 aliphatic rings. The molecule has 0 saturated heterocycles. The van der Waals surface area contributed by atoms with Gasteiger partial charge in [-0.05, 0) is 30.5 Å². The third-order valence-corrected chi connectivity index (χ3v) is 3.86. The van der Waals surface area contributed by atoms with Crippen molar-refractivity contribution in [3.8, 4) is 5.75 Å². The number of benzene rings is 1. The van der Waals surface area contributed by atoms with E-state index in [9.17, 15) is 8.78 Å². The molecule has 1 aromatic rings. The van der Waals surface area contributed by atoms with Crippen molar-refractivity contribution >= 4 is 0 Å². The van der Waals surface area contributed by atoms with Gasteiger partial charge >= 0.3 is 0 Å². The predicted octanol–water partition coefficient (Wildman–Crippen LogP) is 2.94. The maximum absolute atomic E-state index is 13.2. The number of aryl methyl sites for hydroxylation is 2. The lowest BCUT2D eigenvalue weighted by Crippen LogP contribution is -2.53. The molecule has 0 amide bonds. The summed E-state index contributed by atoms with van der Waals surface area (Å²) < 4.78 is 31.6. The highest BCUT2D eigenvalue weighted by Gasteiger charge is 2.56. The highest BCUT2D eigenvalue weighted by Crippen LogP contribution is 2.53. The van der Waals surface area contributed by atoms with Crippen LogP contribution in [0.1, 0.15) is 29.5 Å². The number of halogens is 2. The van der Waals surface area contributed by atoms with Gasteiger partial charge < -0.3 is 10.5 Å². The summed E-state index contributed by atoms with van der Waals surface area (Å²) in [6.07, 6.45) is -0.302. The maximum atomic E-state index is 13.2. The summed E-state index contributed by atoms with van der Waals surface area (Å²) in [6, 6.07) is 3.85. The van der Waals surface area contributed by atoms with Crippen LogP contribution in [0.25, 0.3) is 0 Å². The van der Waals surface area contributed by atoms with Gasteiger partial charge in [-0.25, -0.2) is 8.78 Å². The second kappa shape index (κ2) is 4.19. The standard InChI is InChI=1S/C14H19F2NO/c1-9-4-11(5-10(2)12(9)18-3)13(8-17)6-14(15,16)7-13/h4-5H,6-8,17H2,1-3H3. The summed E-state index contributed by atoms with van der Waals surface area (Å²) >= 11 is 0. The highest BCUT2D eigenvalue weighted by molar-refractivity contribution is 5.47. The number of alkyl halides is 2. The predicted molar refractivity (Wildman–Crippen MR) is 67.4 cm³/mol. The number of rotatable bonds is 3. The molecule has 0 atom stereocenters. The van der Waals surface area contributed by atoms with E-state index in [0.717, 1.165) is 22.4 Å². The topological polar surface area (TPSA) is 35.2 Å². The maximum Gasteiger partial charge on any atom is 0.250 e. The first-order valence-corrected chi connectivity index (χ1v) is 6.07. The Morgan fingerprint density at radius 3 is 2.06 bits per heavy atom. The molecular weight excluding hydrogens is 236 g/mol. The lowest BCUT2D eigenvalue weighted by molar-refractivity contribution is -0.123. The summed E-state index contributed by atoms with van der Waals surface area (Å²) in [7, 11) is 1.62. The zero-order chi connectivity index (χ0) is 13.6. The number of methoxy groups -OCH3 is 1. The normalized spacial score (nSPS) is 20.3. The minimum Gasteiger partial charge on any atom is -0.496 e. The second-order valence-corrected chi connectivity index (χ2v) is 5.34. The van der Waals surface area contributed by atoms with Crippen molar-refractivity contribution in [2.45, 2.75) is 38.0 Å². The Morgan fingerprint density at radius 1 is 1.22 bits per heavy atom. The number of hydrogen-bond donors (Lipinski definition) is 1. The van der Waals surface area contributed by atoms with Gasteiger partial charge in [-0.2, -0.15) is 0 Å². The summed E-state index contributed by atoms with van der Waals surface area (Å²) in [5.74, 6) is -1.75. The largest absolute Gasteiger partial charge is 0.496 e. The van der Waals surface area contributed by atoms with E-state index in [1.807, 2.05) is 26.0 Å². The van der Waals surface area contributed by atoms with Gasteiger partial charge in [0.25, 0.3) is 0 Å². The van der Waals surface area contributed by atoms with E-state index in [2.05, 4.69) is 0 Å². The van der Waals surface area contributed by atoms with Crippen molar-refractivity contribution in [3.05, 3.63) is 28.8 Å². The lowest BCUT2D eigenvalue weighted by atomic mass is 9.61. The minimum absolute atomic E-state index is 0.151. The molecular formula is C14H19F2NO. The summed E-state index contributed by atoms with van der Waals surface area (Å²) in [5, 5.41) is 0. The van der Waals surface area contributed by atoms with Gasteiger partial charge in [0.05, 0.1) is 7.11 Å². The highest BCUT2D eigenvalue weighted by atomic mass is 19.3. The summed E-state index contributed by atoms with van der Waals surface area (Å²) in [5.41, 5.74) is 8.01. The van der Waals surface area contributed by atoms with Crippen LogP contribution in [-0.4, -0.2) is 19.6 Å². The molecule has 1 saturated carbocycles. The quantitative estimate of drug-likeness (QED) is 0.901. The molecule has 4 heteroatoms. The molecule has 1 aromatic carbocycles. The van der Waals surface area contributed by atoms with Crippen LogP contribution in [0.4, 0.5) is 8.78 Å². The molecule has 0 unspecified atom stereocenters. The van der Waals surface area contributed by atoms with Crippen molar-refractivity contribution < 1.29 is 13.5 Å². The van der Waals surface area contributed by atoms with Crippen molar-refractivity contribution in [1.29, 1.82) is 0 Å². The first-order valence-electron chi connectivity index (χ1n) is 6.07. The molecule has 2 nitrogen and oxygen atoms in total. The van der Waals surface area contributed by atoms with E-state index in [4.69, 9.17) is 10.5 Å². The Morgan fingerprint density at radius 2 is 1.72 bits per heavy atom. The van der Waals surface area contributed by atoms with E-state index in [-0.39, 0.29) is 19.4 Å². The first-order chi connectivity index (χ1) is 8.33. The lowest BCUT2D eigenvalue weighted by Gasteiger charge is -2.47. The molecule has 1 fully saturated rings. The molecule has 0 radical (unpaired) electrons. The van der Waals surface area contributed by atoms with Gasteiger partial charge in [-0.15, -0.1) is 0 Å². The van der Waals surface area contributed by atoms with Gasteiger partial charge in [-0.3, -0.25) is 0 Å². The molecule has 0 aliphatic heterocycles. The van der Waals surface area contributed by atoms with Crippen molar-refractivity contribution in [1.82, 2.24) is 0 Å². The van der Waals surface area contributed by atoms with Crippen molar-refractivity contribution in [2.75, 3.05) is 13.7 Å². The minimum atomic E-state index is -2.57. The average Bonchev–Trinajstić information content (AvgIpc) is 2.24. The van der Waals surface area contributed by atoms with Gasteiger partial charge in [-0.1, -0.05) is 12.1 Å². The Balaban J connectivity index is 2.40. The van der Waals surface area contributed by atoms with E-state index in [1.165, 1.54) is 0 Å². The average molecular weight is 255 g/mol. The Kier molecular flexibility index (Phi) is 3.09. The third-order valence-electron chi connectivity index (χ3n) is 3.86. The van der Waals surface area contributed by atoms with Crippen LogP contribution in [0.3, 0.4) is 0 Å². The van der Waals surface area contributed by atoms with Crippen LogP contribution in [0.5, 0.6) is 5.75 Å². The summed E-state index contributed by atoms with van der Waals surface area (Å²) in [6.45, 7) is 4.11. The SMILES string of the molecule is COc1c(C)cc(C2(CN)CC(F)(F)C2)cc1C. The van der Waals surface area contributed by atoms with E-state index in [1.54, 1.807) is 7.11 Å². The molecule has 0 aromatic heterocycles. The molecule has 100 valence electrons. The Bertz CT molecular complexity index is 440. The van der Waals surface area contributed by atoms with Gasteiger partial charge in [0.1, 0.15) is 5.75 Å². The zero-order valence-corrected chi connectivity index (χ0v) is 11.0. The fourth-order valence-electron chi connectivity index (χ4n) is 2.98. The fraction of sp³-hybridized carbons (Fsp3) is 0.571. The van der Waals surface area contributed by atoms with Gasteiger partial charge in [0.2, 0.25) is 5.92 Å². The van der Waals surface area contributed by atoms with Crippen LogP contribution in [0.2, 0.25) is 0 Å². The van der Waals surface area contributed by atoms with E-state index in [0.29, 0.717) is 0 Å². The molecule has 0 spiro atoms. The van der Waals surface area contributed by atoms with Crippen molar-refractivity contribution in [2.24, 2.45) is 5.73 Å². The van der Waals surface area contributed by atoms with Gasteiger partial charge in [0.15, 0.2) is 0 Å². The molecule has 2 rings (SSSR count). The van der Waals surface area contributed by atoms with Crippen LogP contribution < -0.4 is 10.5 Å². The molecule has 0 heterocycles. The molecule has 0 bridgehead atoms. The van der Waals surface area contributed by atoms with E-state index >= 15 is 0 Å². The number of ether oxygens (including phenoxy) is 1. The van der Waals surface area contributed by atoms with Crippen LogP contribution in [0, 0.1) is 13.8 Å².